The minimum atomic E-state index is -1.47. The van der Waals surface area contributed by atoms with Crippen molar-refractivity contribution in [2.45, 2.75) is 25.4 Å². The Bertz CT molecular complexity index is 404. The van der Waals surface area contributed by atoms with Gasteiger partial charge < -0.3 is 10.2 Å². The van der Waals surface area contributed by atoms with E-state index in [1.807, 2.05) is 0 Å². The van der Waals surface area contributed by atoms with Crippen LogP contribution in [-0.2, 0) is 10.4 Å². The number of hydrogen-bond donors (Lipinski definition) is 2. The number of carboxylic acid groups (broad SMARTS) is 1. The van der Waals surface area contributed by atoms with Crippen LogP contribution in [0.15, 0.2) is 22.7 Å². The highest BCUT2D eigenvalue weighted by molar-refractivity contribution is 9.10. The Morgan fingerprint density at radius 3 is 2.69 bits per heavy atom. The highest BCUT2D eigenvalue weighted by Crippen LogP contribution is 2.29. The maximum Gasteiger partial charge on any atom is 0.303 e. The minimum absolute atomic E-state index is 0.0269. The van der Waals surface area contributed by atoms with Crippen LogP contribution in [0.1, 0.15) is 25.3 Å². The number of rotatable bonds is 4. The summed E-state index contributed by atoms with van der Waals surface area (Å²) in [6.45, 7) is 1.41. The summed E-state index contributed by atoms with van der Waals surface area (Å²) in [6, 6.07) is 4.29. The standard InChI is InChI=1S/C11H12BrFO3/c1-11(16,5-4-10(14)15)8-3-2-7(12)6-9(8)13/h2-3,6,16H,4-5H2,1H3,(H,14,15). The Morgan fingerprint density at radius 2 is 2.19 bits per heavy atom. The van der Waals surface area contributed by atoms with Crippen LogP contribution in [0.5, 0.6) is 0 Å². The van der Waals surface area contributed by atoms with E-state index in [9.17, 15) is 14.3 Å². The molecule has 0 spiro atoms. The maximum absolute atomic E-state index is 13.5. The van der Waals surface area contributed by atoms with E-state index in [-0.39, 0.29) is 18.4 Å². The van der Waals surface area contributed by atoms with Gasteiger partial charge in [-0.05, 0) is 25.5 Å². The first-order valence-corrected chi connectivity index (χ1v) is 5.52. The van der Waals surface area contributed by atoms with Gasteiger partial charge in [0.1, 0.15) is 5.82 Å². The highest BCUT2D eigenvalue weighted by Gasteiger charge is 2.27. The van der Waals surface area contributed by atoms with Gasteiger partial charge in [-0.3, -0.25) is 4.79 Å². The zero-order valence-electron chi connectivity index (χ0n) is 8.70. The Morgan fingerprint density at radius 1 is 1.56 bits per heavy atom. The summed E-state index contributed by atoms with van der Waals surface area (Å²) < 4.78 is 14.1. The van der Waals surface area contributed by atoms with E-state index in [0.717, 1.165) is 0 Å². The van der Waals surface area contributed by atoms with Crippen molar-refractivity contribution >= 4 is 21.9 Å². The van der Waals surface area contributed by atoms with E-state index in [2.05, 4.69) is 15.9 Å². The van der Waals surface area contributed by atoms with Gasteiger partial charge in [-0.25, -0.2) is 4.39 Å². The van der Waals surface area contributed by atoms with Gasteiger partial charge in [0.25, 0.3) is 0 Å². The molecule has 0 saturated carbocycles. The molecule has 0 saturated heterocycles. The largest absolute Gasteiger partial charge is 0.481 e. The van der Waals surface area contributed by atoms with Crippen molar-refractivity contribution in [2.75, 3.05) is 0 Å². The average Bonchev–Trinajstić information content (AvgIpc) is 2.14. The number of halogens is 2. The maximum atomic E-state index is 13.5. The van der Waals surface area contributed by atoms with Gasteiger partial charge in [-0.1, -0.05) is 22.0 Å². The second-order valence-electron chi connectivity index (χ2n) is 3.79. The fourth-order valence-corrected chi connectivity index (χ4v) is 1.74. The Labute approximate surface area is 101 Å². The summed E-state index contributed by atoms with van der Waals surface area (Å²) in [5.74, 6) is -1.57. The summed E-state index contributed by atoms with van der Waals surface area (Å²) in [6.07, 6.45) is -0.233. The molecule has 0 aromatic heterocycles. The summed E-state index contributed by atoms with van der Waals surface area (Å²) in [5, 5.41) is 18.5. The van der Waals surface area contributed by atoms with Gasteiger partial charge in [-0.15, -0.1) is 0 Å². The second-order valence-corrected chi connectivity index (χ2v) is 4.71. The van der Waals surface area contributed by atoms with Crippen LogP contribution in [-0.4, -0.2) is 16.2 Å². The molecule has 1 aromatic carbocycles. The van der Waals surface area contributed by atoms with Crippen molar-refractivity contribution in [3.63, 3.8) is 0 Å². The molecule has 0 aliphatic rings. The molecule has 5 heteroatoms. The predicted molar refractivity (Wildman–Crippen MR) is 60.5 cm³/mol. The highest BCUT2D eigenvalue weighted by atomic mass is 79.9. The first-order valence-electron chi connectivity index (χ1n) is 4.72. The fraction of sp³-hybridized carbons (Fsp3) is 0.364. The SMILES string of the molecule is CC(O)(CCC(=O)O)c1ccc(Br)cc1F. The first-order chi connectivity index (χ1) is 7.33. The Kier molecular flexibility index (Phi) is 4.04. The molecule has 16 heavy (non-hydrogen) atoms. The van der Waals surface area contributed by atoms with Gasteiger partial charge in [0.05, 0.1) is 5.60 Å². The molecular weight excluding hydrogens is 279 g/mol. The molecule has 3 nitrogen and oxygen atoms in total. The number of aliphatic carboxylic acids is 1. The fourth-order valence-electron chi connectivity index (χ4n) is 1.41. The van der Waals surface area contributed by atoms with Crippen LogP contribution < -0.4 is 0 Å². The third-order valence-electron chi connectivity index (χ3n) is 2.34. The quantitative estimate of drug-likeness (QED) is 0.896. The molecule has 1 atom stereocenters. The van der Waals surface area contributed by atoms with Gasteiger partial charge in [0.2, 0.25) is 0 Å². The molecule has 0 heterocycles. The normalized spacial score (nSPS) is 14.5. The van der Waals surface area contributed by atoms with Gasteiger partial charge in [0, 0.05) is 16.5 Å². The topological polar surface area (TPSA) is 57.5 Å². The second kappa shape index (κ2) is 4.93. The molecule has 1 rings (SSSR count). The van der Waals surface area contributed by atoms with E-state index >= 15 is 0 Å². The van der Waals surface area contributed by atoms with Crippen molar-refractivity contribution < 1.29 is 19.4 Å². The van der Waals surface area contributed by atoms with E-state index in [0.29, 0.717) is 4.47 Å². The molecule has 88 valence electrons. The molecule has 0 aliphatic heterocycles. The van der Waals surface area contributed by atoms with E-state index in [4.69, 9.17) is 5.11 Å². The summed E-state index contributed by atoms with van der Waals surface area (Å²) >= 11 is 3.11. The third kappa shape index (κ3) is 3.28. The lowest BCUT2D eigenvalue weighted by Crippen LogP contribution is -2.23. The molecule has 2 N–H and O–H groups in total. The minimum Gasteiger partial charge on any atom is -0.481 e. The number of aliphatic hydroxyl groups is 1. The van der Waals surface area contributed by atoms with Crippen molar-refractivity contribution in [1.29, 1.82) is 0 Å². The zero-order chi connectivity index (χ0) is 12.3. The van der Waals surface area contributed by atoms with Crippen molar-refractivity contribution in [2.24, 2.45) is 0 Å². The molecule has 0 radical (unpaired) electrons. The van der Waals surface area contributed by atoms with Crippen molar-refractivity contribution in [1.82, 2.24) is 0 Å². The number of benzene rings is 1. The number of hydrogen-bond acceptors (Lipinski definition) is 2. The molecule has 1 aromatic rings. The van der Waals surface area contributed by atoms with E-state index in [1.165, 1.54) is 19.1 Å². The van der Waals surface area contributed by atoms with E-state index < -0.39 is 17.4 Å². The van der Waals surface area contributed by atoms with Crippen LogP contribution in [0.4, 0.5) is 4.39 Å². The van der Waals surface area contributed by atoms with Crippen LogP contribution in [0.2, 0.25) is 0 Å². The van der Waals surface area contributed by atoms with E-state index in [1.54, 1.807) is 6.07 Å². The van der Waals surface area contributed by atoms with Crippen LogP contribution in [0, 0.1) is 5.82 Å². The summed E-state index contributed by atoms with van der Waals surface area (Å²) in [4.78, 5) is 10.4. The summed E-state index contributed by atoms with van der Waals surface area (Å²) in [7, 11) is 0. The number of carbonyl (C=O) groups is 1. The average molecular weight is 291 g/mol. The molecule has 0 bridgehead atoms. The monoisotopic (exact) mass is 290 g/mol. The lowest BCUT2D eigenvalue weighted by atomic mass is 9.91. The molecule has 0 amide bonds. The van der Waals surface area contributed by atoms with Crippen LogP contribution in [0.3, 0.4) is 0 Å². The number of carboxylic acids is 1. The van der Waals surface area contributed by atoms with Crippen LogP contribution >= 0.6 is 15.9 Å². The Balaban J connectivity index is 2.92. The molecule has 1 unspecified atom stereocenters. The van der Waals surface area contributed by atoms with Gasteiger partial charge in [0.15, 0.2) is 0 Å². The lowest BCUT2D eigenvalue weighted by Gasteiger charge is -2.23. The smallest absolute Gasteiger partial charge is 0.303 e. The Hall–Kier alpha value is -0.940. The molecule has 0 aliphatic carbocycles. The predicted octanol–water partition coefficient (Wildman–Crippen LogP) is 2.66. The zero-order valence-corrected chi connectivity index (χ0v) is 10.3. The van der Waals surface area contributed by atoms with Crippen LogP contribution in [0.25, 0.3) is 0 Å². The van der Waals surface area contributed by atoms with Crippen molar-refractivity contribution in [3.8, 4) is 0 Å². The van der Waals surface area contributed by atoms with Gasteiger partial charge in [-0.2, -0.15) is 0 Å². The first kappa shape index (κ1) is 13.1. The molecule has 0 fully saturated rings. The van der Waals surface area contributed by atoms with Crippen molar-refractivity contribution in [3.05, 3.63) is 34.1 Å². The molecular formula is C11H12BrFO3. The third-order valence-corrected chi connectivity index (χ3v) is 2.83. The lowest BCUT2D eigenvalue weighted by molar-refractivity contribution is -0.138. The summed E-state index contributed by atoms with van der Waals surface area (Å²) in [5.41, 5.74) is -1.36. The van der Waals surface area contributed by atoms with Gasteiger partial charge >= 0.3 is 5.97 Å².